The molecule has 0 aliphatic heterocycles. The Hall–Kier alpha value is -1.93. The van der Waals surface area contributed by atoms with E-state index in [2.05, 4.69) is 0 Å². The number of carbonyl (C=O) groups is 1. The van der Waals surface area contributed by atoms with Gasteiger partial charge >= 0.3 is 0 Å². The molecule has 0 amide bonds. The molecule has 0 saturated heterocycles. The van der Waals surface area contributed by atoms with Crippen LogP contribution in [0, 0.1) is 6.92 Å². The summed E-state index contributed by atoms with van der Waals surface area (Å²) in [5.41, 5.74) is 10.1. The van der Waals surface area contributed by atoms with Crippen LogP contribution in [0.5, 0.6) is 0 Å². The fraction of sp³-hybridized carbons (Fsp3) is 0.235. The summed E-state index contributed by atoms with van der Waals surface area (Å²) in [5.74, 6) is 0.232. The van der Waals surface area contributed by atoms with Crippen LogP contribution in [-0.2, 0) is 24.2 Å². The van der Waals surface area contributed by atoms with Gasteiger partial charge in [0.2, 0.25) is 0 Å². The van der Waals surface area contributed by atoms with Gasteiger partial charge in [0.25, 0.3) is 0 Å². The van der Waals surface area contributed by atoms with Crippen LogP contribution in [0.4, 0.5) is 0 Å². The molecule has 0 unspecified atom stereocenters. The second-order valence-electron chi connectivity index (χ2n) is 4.79. The number of Topliss-reactive ketones (excluding diaryl/α,β-unsaturated/α-hetero) is 1. The van der Waals surface area contributed by atoms with Crippen LogP contribution in [0.25, 0.3) is 0 Å². The van der Waals surface area contributed by atoms with Gasteiger partial charge in [0.1, 0.15) is 5.78 Å². The maximum atomic E-state index is 12.2. The van der Waals surface area contributed by atoms with E-state index in [1.165, 1.54) is 5.56 Å². The van der Waals surface area contributed by atoms with Crippen molar-refractivity contribution in [3.63, 3.8) is 0 Å². The zero-order valence-electron chi connectivity index (χ0n) is 11.2. The Morgan fingerprint density at radius 1 is 0.895 bits per heavy atom. The second kappa shape index (κ2) is 6.30. The Balaban J connectivity index is 2.08. The third kappa shape index (κ3) is 3.52. The van der Waals surface area contributed by atoms with Gasteiger partial charge in [-0.25, -0.2) is 0 Å². The molecule has 2 aromatic carbocycles. The predicted molar refractivity (Wildman–Crippen MR) is 77.9 cm³/mol. The van der Waals surface area contributed by atoms with E-state index < -0.39 is 0 Å². The average molecular weight is 253 g/mol. The summed E-state index contributed by atoms with van der Waals surface area (Å²) < 4.78 is 0. The van der Waals surface area contributed by atoms with E-state index in [0.29, 0.717) is 19.4 Å². The number of ketones is 1. The third-order valence-corrected chi connectivity index (χ3v) is 3.37. The molecular weight excluding hydrogens is 234 g/mol. The largest absolute Gasteiger partial charge is 0.326 e. The van der Waals surface area contributed by atoms with E-state index in [1.807, 2.05) is 55.5 Å². The molecule has 2 N–H and O–H groups in total. The molecule has 0 aromatic heterocycles. The van der Waals surface area contributed by atoms with Crippen LogP contribution >= 0.6 is 0 Å². The van der Waals surface area contributed by atoms with E-state index in [-0.39, 0.29) is 5.78 Å². The minimum Gasteiger partial charge on any atom is -0.326 e. The van der Waals surface area contributed by atoms with Gasteiger partial charge < -0.3 is 5.73 Å². The van der Waals surface area contributed by atoms with Crippen molar-refractivity contribution in [1.29, 1.82) is 0 Å². The van der Waals surface area contributed by atoms with Gasteiger partial charge in [-0.2, -0.15) is 0 Å². The van der Waals surface area contributed by atoms with Crippen LogP contribution < -0.4 is 5.73 Å². The summed E-state index contributed by atoms with van der Waals surface area (Å²) in [6.45, 7) is 2.52. The van der Waals surface area contributed by atoms with Crippen molar-refractivity contribution in [2.24, 2.45) is 5.73 Å². The monoisotopic (exact) mass is 253 g/mol. The maximum absolute atomic E-state index is 12.2. The SMILES string of the molecule is Cc1ccccc1CC(=O)Cc1ccccc1CN. The fourth-order valence-electron chi connectivity index (χ4n) is 2.22. The van der Waals surface area contributed by atoms with Crippen LogP contribution in [0.15, 0.2) is 48.5 Å². The van der Waals surface area contributed by atoms with Crippen molar-refractivity contribution in [2.45, 2.75) is 26.3 Å². The molecule has 0 aliphatic rings. The van der Waals surface area contributed by atoms with E-state index in [0.717, 1.165) is 16.7 Å². The molecule has 98 valence electrons. The van der Waals surface area contributed by atoms with Gasteiger partial charge in [0.15, 0.2) is 0 Å². The van der Waals surface area contributed by atoms with Crippen LogP contribution in [-0.4, -0.2) is 5.78 Å². The number of hydrogen-bond donors (Lipinski definition) is 1. The number of carbonyl (C=O) groups excluding carboxylic acids is 1. The molecule has 2 heteroatoms. The summed E-state index contributed by atoms with van der Waals surface area (Å²) in [4.78, 5) is 12.2. The molecule has 0 bridgehead atoms. The molecule has 0 spiro atoms. The summed E-state index contributed by atoms with van der Waals surface area (Å²) in [5, 5.41) is 0. The molecule has 0 radical (unpaired) electrons. The lowest BCUT2D eigenvalue weighted by molar-refractivity contribution is -0.117. The first kappa shape index (κ1) is 13.5. The Morgan fingerprint density at radius 3 is 2.05 bits per heavy atom. The average Bonchev–Trinajstić information content (AvgIpc) is 2.42. The van der Waals surface area contributed by atoms with Crippen LogP contribution in [0.1, 0.15) is 22.3 Å². The molecule has 0 aliphatic carbocycles. The lowest BCUT2D eigenvalue weighted by atomic mass is 9.97. The highest BCUT2D eigenvalue weighted by molar-refractivity contribution is 5.83. The molecule has 0 saturated carbocycles. The molecule has 2 rings (SSSR count). The van der Waals surface area contributed by atoms with Crippen LogP contribution in [0.2, 0.25) is 0 Å². The molecular formula is C17H19NO. The van der Waals surface area contributed by atoms with Crippen LogP contribution in [0.3, 0.4) is 0 Å². The van der Waals surface area contributed by atoms with Crippen molar-refractivity contribution in [2.75, 3.05) is 0 Å². The number of rotatable bonds is 5. The lowest BCUT2D eigenvalue weighted by Crippen LogP contribution is -2.10. The predicted octanol–water partition coefficient (Wildman–Crippen LogP) is 2.81. The Morgan fingerprint density at radius 2 is 1.42 bits per heavy atom. The number of hydrogen-bond acceptors (Lipinski definition) is 2. The van der Waals surface area contributed by atoms with Crippen molar-refractivity contribution in [3.8, 4) is 0 Å². The van der Waals surface area contributed by atoms with Gasteiger partial charge in [0, 0.05) is 19.4 Å². The van der Waals surface area contributed by atoms with Crippen molar-refractivity contribution in [1.82, 2.24) is 0 Å². The second-order valence-corrected chi connectivity index (χ2v) is 4.79. The van der Waals surface area contributed by atoms with Crippen molar-refractivity contribution < 1.29 is 4.79 Å². The standard InChI is InChI=1S/C17H19NO/c1-13-6-2-3-7-14(13)10-17(19)11-15-8-4-5-9-16(15)12-18/h2-9H,10-12,18H2,1H3. The zero-order chi connectivity index (χ0) is 13.7. The number of benzene rings is 2. The first-order chi connectivity index (χ1) is 9.20. The quantitative estimate of drug-likeness (QED) is 0.890. The van der Waals surface area contributed by atoms with E-state index >= 15 is 0 Å². The normalized spacial score (nSPS) is 10.4. The molecule has 0 fully saturated rings. The van der Waals surface area contributed by atoms with Gasteiger partial charge in [-0.15, -0.1) is 0 Å². The highest BCUT2D eigenvalue weighted by atomic mass is 16.1. The van der Waals surface area contributed by atoms with E-state index in [9.17, 15) is 4.79 Å². The number of nitrogens with two attached hydrogens (primary N) is 1. The number of aryl methyl sites for hydroxylation is 1. The summed E-state index contributed by atoms with van der Waals surface area (Å²) in [7, 11) is 0. The minimum absolute atomic E-state index is 0.232. The third-order valence-electron chi connectivity index (χ3n) is 3.37. The lowest BCUT2D eigenvalue weighted by Gasteiger charge is -2.08. The zero-order valence-corrected chi connectivity index (χ0v) is 11.2. The Kier molecular flexibility index (Phi) is 4.48. The summed E-state index contributed by atoms with van der Waals surface area (Å²) in [6, 6.07) is 15.9. The molecule has 19 heavy (non-hydrogen) atoms. The van der Waals surface area contributed by atoms with E-state index in [1.54, 1.807) is 0 Å². The smallest absolute Gasteiger partial charge is 0.141 e. The van der Waals surface area contributed by atoms with E-state index in [4.69, 9.17) is 5.73 Å². The van der Waals surface area contributed by atoms with Gasteiger partial charge in [-0.05, 0) is 29.2 Å². The molecule has 0 heterocycles. The van der Waals surface area contributed by atoms with Gasteiger partial charge in [0.05, 0.1) is 0 Å². The first-order valence-electron chi connectivity index (χ1n) is 6.53. The first-order valence-corrected chi connectivity index (χ1v) is 6.53. The van der Waals surface area contributed by atoms with Gasteiger partial charge in [-0.1, -0.05) is 48.5 Å². The highest BCUT2D eigenvalue weighted by Gasteiger charge is 2.09. The molecule has 2 aromatic rings. The van der Waals surface area contributed by atoms with Crippen molar-refractivity contribution >= 4 is 5.78 Å². The Bertz CT molecular complexity index is 575. The Labute approximate surface area is 114 Å². The summed E-state index contributed by atoms with van der Waals surface area (Å²) >= 11 is 0. The molecule has 0 atom stereocenters. The van der Waals surface area contributed by atoms with Crippen molar-refractivity contribution in [3.05, 3.63) is 70.8 Å². The topological polar surface area (TPSA) is 43.1 Å². The van der Waals surface area contributed by atoms with Gasteiger partial charge in [-0.3, -0.25) is 4.79 Å². The highest BCUT2D eigenvalue weighted by Crippen LogP contribution is 2.13. The fourth-order valence-corrected chi connectivity index (χ4v) is 2.22. The summed E-state index contributed by atoms with van der Waals surface area (Å²) in [6.07, 6.45) is 0.952. The minimum atomic E-state index is 0.232. The maximum Gasteiger partial charge on any atom is 0.141 e. The molecule has 2 nitrogen and oxygen atoms in total.